The Morgan fingerprint density at radius 2 is 2.11 bits per heavy atom. The summed E-state index contributed by atoms with van der Waals surface area (Å²) in [6, 6.07) is 14.1. The number of ether oxygens (including phenoxy) is 2. The van der Waals surface area contributed by atoms with Crippen LogP contribution in [0.4, 0.5) is 0 Å². The van der Waals surface area contributed by atoms with E-state index in [2.05, 4.69) is 32.3 Å². The zero-order chi connectivity index (χ0) is 18.7. The first-order valence-corrected chi connectivity index (χ1v) is 9.45. The number of halogens is 1. The topological polar surface area (TPSA) is 59.0 Å². The summed E-state index contributed by atoms with van der Waals surface area (Å²) in [5, 5.41) is 3.37. The van der Waals surface area contributed by atoms with Crippen LogP contribution in [0.1, 0.15) is 12.0 Å². The highest BCUT2D eigenvalue weighted by Gasteiger charge is 2.24. The monoisotopic (exact) mass is 496 g/mol. The Morgan fingerprint density at radius 3 is 2.86 bits per heavy atom. The number of benzene rings is 1. The first-order valence-electron chi connectivity index (χ1n) is 9.45. The molecule has 152 valence electrons. The van der Waals surface area contributed by atoms with E-state index in [1.807, 2.05) is 37.4 Å². The summed E-state index contributed by atoms with van der Waals surface area (Å²) in [6.07, 6.45) is 4.58. The molecule has 1 aromatic carbocycles. The van der Waals surface area contributed by atoms with Gasteiger partial charge in [-0.1, -0.05) is 30.3 Å². The lowest BCUT2D eigenvalue weighted by molar-refractivity contribution is 0.0906. The third-order valence-corrected chi connectivity index (χ3v) is 4.55. The Hall–Kier alpha value is -1.87. The van der Waals surface area contributed by atoms with E-state index in [4.69, 9.17) is 9.47 Å². The van der Waals surface area contributed by atoms with Gasteiger partial charge in [-0.05, 0) is 24.1 Å². The van der Waals surface area contributed by atoms with Gasteiger partial charge in [-0.15, -0.1) is 24.0 Å². The van der Waals surface area contributed by atoms with Gasteiger partial charge in [-0.25, -0.2) is 0 Å². The molecular weight excluding hydrogens is 467 g/mol. The van der Waals surface area contributed by atoms with Crippen molar-refractivity contribution < 1.29 is 9.47 Å². The van der Waals surface area contributed by atoms with Crippen LogP contribution in [0, 0.1) is 5.92 Å². The minimum atomic E-state index is 0. The number of guanidine groups is 1. The molecule has 0 radical (unpaired) electrons. The Labute approximate surface area is 184 Å². The lowest BCUT2D eigenvalue weighted by atomic mass is 10.1. The Balaban J connectivity index is 0.00000280. The van der Waals surface area contributed by atoms with Crippen LogP contribution in [0.25, 0.3) is 0 Å². The van der Waals surface area contributed by atoms with Crippen molar-refractivity contribution in [2.45, 2.75) is 13.0 Å². The van der Waals surface area contributed by atoms with E-state index in [1.165, 1.54) is 5.56 Å². The predicted octanol–water partition coefficient (Wildman–Crippen LogP) is 3.19. The first kappa shape index (κ1) is 22.4. The molecular formula is C21H29IN4O2. The van der Waals surface area contributed by atoms with Gasteiger partial charge in [0, 0.05) is 32.3 Å². The van der Waals surface area contributed by atoms with E-state index in [1.54, 1.807) is 12.4 Å². The molecule has 1 aliphatic rings. The average molecular weight is 496 g/mol. The maximum atomic E-state index is 5.90. The minimum absolute atomic E-state index is 0. The van der Waals surface area contributed by atoms with Crippen molar-refractivity contribution in [3.63, 3.8) is 0 Å². The number of hydrogen-bond donors (Lipinski definition) is 1. The second-order valence-electron chi connectivity index (χ2n) is 6.61. The highest BCUT2D eigenvalue weighted by molar-refractivity contribution is 14.0. The van der Waals surface area contributed by atoms with Crippen molar-refractivity contribution in [1.29, 1.82) is 0 Å². The summed E-state index contributed by atoms with van der Waals surface area (Å²) >= 11 is 0. The van der Waals surface area contributed by atoms with E-state index in [0.717, 1.165) is 37.8 Å². The second-order valence-corrected chi connectivity index (χ2v) is 6.61. The SMILES string of the molecule is CN=C(NCCOc1cccnc1)N1CCC(COCc2ccccc2)C1.I. The molecule has 7 heteroatoms. The normalized spacial score (nSPS) is 16.5. The van der Waals surface area contributed by atoms with Crippen LogP contribution in [0.15, 0.2) is 59.9 Å². The van der Waals surface area contributed by atoms with Crippen LogP contribution < -0.4 is 10.1 Å². The van der Waals surface area contributed by atoms with Gasteiger partial charge < -0.3 is 19.7 Å². The highest BCUT2D eigenvalue weighted by atomic mass is 127. The molecule has 0 aliphatic carbocycles. The van der Waals surface area contributed by atoms with Crippen molar-refractivity contribution in [3.05, 3.63) is 60.4 Å². The lowest BCUT2D eigenvalue weighted by Gasteiger charge is -2.21. The van der Waals surface area contributed by atoms with Crippen molar-refractivity contribution in [2.24, 2.45) is 10.9 Å². The molecule has 1 N–H and O–H groups in total. The third-order valence-electron chi connectivity index (χ3n) is 4.55. The molecule has 1 aliphatic heterocycles. The summed E-state index contributed by atoms with van der Waals surface area (Å²) in [4.78, 5) is 10.7. The molecule has 0 spiro atoms. The molecule has 2 heterocycles. The van der Waals surface area contributed by atoms with Crippen LogP contribution >= 0.6 is 24.0 Å². The van der Waals surface area contributed by atoms with Crippen molar-refractivity contribution in [1.82, 2.24) is 15.2 Å². The number of pyridine rings is 1. The van der Waals surface area contributed by atoms with Crippen LogP contribution in [0.2, 0.25) is 0 Å². The summed E-state index contributed by atoms with van der Waals surface area (Å²) < 4.78 is 11.6. The number of hydrogen-bond acceptors (Lipinski definition) is 4. The fourth-order valence-corrected chi connectivity index (χ4v) is 3.18. The standard InChI is InChI=1S/C21H28N4O2.HI/c1-22-21(24-11-13-27-20-8-5-10-23-14-20)25-12-9-19(15-25)17-26-16-18-6-3-2-4-7-18;/h2-8,10,14,19H,9,11-13,15-17H2,1H3,(H,22,24);1H. The smallest absolute Gasteiger partial charge is 0.193 e. The van der Waals surface area contributed by atoms with Crippen molar-refractivity contribution in [2.75, 3.05) is 39.9 Å². The van der Waals surface area contributed by atoms with Crippen LogP contribution in [-0.2, 0) is 11.3 Å². The van der Waals surface area contributed by atoms with E-state index < -0.39 is 0 Å². The summed E-state index contributed by atoms with van der Waals surface area (Å²) in [6.45, 7) is 4.71. The van der Waals surface area contributed by atoms with Gasteiger partial charge in [0.15, 0.2) is 5.96 Å². The zero-order valence-corrected chi connectivity index (χ0v) is 18.6. The first-order chi connectivity index (χ1) is 13.3. The molecule has 1 saturated heterocycles. The largest absolute Gasteiger partial charge is 0.490 e. The number of rotatable bonds is 8. The average Bonchev–Trinajstić information content (AvgIpc) is 3.18. The third kappa shape index (κ3) is 7.27. The fraction of sp³-hybridized carbons (Fsp3) is 0.429. The second kappa shape index (κ2) is 12.6. The van der Waals surface area contributed by atoms with E-state index in [0.29, 0.717) is 25.7 Å². The van der Waals surface area contributed by atoms with E-state index in [9.17, 15) is 0 Å². The molecule has 0 bridgehead atoms. The highest BCUT2D eigenvalue weighted by Crippen LogP contribution is 2.17. The molecule has 3 rings (SSSR count). The molecule has 0 amide bonds. The van der Waals surface area contributed by atoms with Gasteiger partial charge in [0.05, 0.1) is 26.0 Å². The maximum Gasteiger partial charge on any atom is 0.193 e. The van der Waals surface area contributed by atoms with Gasteiger partial charge in [0.25, 0.3) is 0 Å². The van der Waals surface area contributed by atoms with Crippen molar-refractivity contribution in [3.8, 4) is 5.75 Å². The minimum Gasteiger partial charge on any atom is -0.490 e. The molecule has 0 saturated carbocycles. The summed E-state index contributed by atoms with van der Waals surface area (Å²) in [5.74, 6) is 2.25. The van der Waals surface area contributed by atoms with Crippen LogP contribution in [0.3, 0.4) is 0 Å². The number of nitrogens with zero attached hydrogens (tertiary/aromatic N) is 3. The quantitative estimate of drug-likeness (QED) is 0.263. The van der Waals surface area contributed by atoms with Gasteiger partial charge in [-0.2, -0.15) is 0 Å². The Morgan fingerprint density at radius 1 is 1.25 bits per heavy atom. The molecule has 6 nitrogen and oxygen atoms in total. The van der Waals surface area contributed by atoms with E-state index >= 15 is 0 Å². The Kier molecular flexibility index (Phi) is 10.1. The van der Waals surface area contributed by atoms with Gasteiger partial charge in [-0.3, -0.25) is 9.98 Å². The maximum absolute atomic E-state index is 5.90. The lowest BCUT2D eigenvalue weighted by Crippen LogP contribution is -2.41. The van der Waals surface area contributed by atoms with Crippen molar-refractivity contribution >= 4 is 29.9 Å². The van der Waals surface area contributed by atoms with Gasteiger partial charge >= 0.3 is 0 Å². The number of aromatic nitrogens is 1. The number of nitrogens with one attached hydrogen (secondary N) is 1. The van der Waals surface area contributed by atoms with Crippen LogP contribution in [0.5, 0.6) is 5.75 Å². The van der Waals surface area contributed by atoms with Crippen LogP contribution in [-0.4, -0.2) is 55.7 Å². The molecule has 2 aromatic rings. The Bertz CT molecular complexity index is 700. The summed E-state index contributed by atoms with van der Waals surface area (Å²) in [7, 11) is 1.82. The summed E-state index contributed by atoms with van der Waals surface area (Å²) in [5.41, 5.74) is 1.22. The molecule has 1 unspecified atom stereocenters. The number of likely N-dealkylation sites (tertiary alicyclic amines) is 1. The van der Waals surface area contributed by atoms with E-state index in [-0.39, 0.29) is 24.0 Å². The number of aliphatic imine (C=N–C) groups is 1. The van der Waals surface area contributed by atoms with Gasteiger partial charge in [0.2, 0.25) is 0 Å². The molecule has 1 fully saturated rings. The van der Waals surface area contributed by atoms with Gasteiger partial charge in [0.1, 0.15) is 12.4 Å². The molecule has 1 aromatic heterocycles. The fourth-order valence-electron chi connectivity index (χ4n) is 3.18. The molecule has 1 atom stereocenters. The predicted molar refractivity (Wildman–Crippen MR) is 122 cm³/mol. The molecule has 28 heavy (non-hydrogen) atoms. The zero-order valence-electron chi connectivity index (χ0n) is 16.3.